The molecule has 3 aromatic rings. The van der Waals surface area contributed by atoms with Crippen molar-refractivity contribution in [2.24, 2.45) is 0 Å². The lowest BCUT2D eigenvalue weighted by atomic mass is 10.2. The van der Waals surface area contributed by atoms with Crippen LogP contribution in [0.3, 0.4) is 0 Å². The maximum absolute atomic E-state index is 13.6. The highest BCUT2D eigenvalue weighted by Gasteiger charge is 2.15. The van der Waals surface area contributed by atoms with Gasteiger partial charge in [0.1, 0.15) is 11.6 Å². The van der Waals surface area contributed by atoms with Crippen molar-refractivity contribution in [3.8, 4) is 5.69 Å². The average Bonchev–Trinajstić information content (AvgIpc) is 3.03. The minimum atomic E-state index is -0.805. The molecule has 1 heterocycles. The molecule has 0 spiro atoms. The van der Waals surface area contributed by atoms with Crippen LogP contribution in [0, 0.1) is 11.6 Å². The lowest BCUT2D eigenvalue weighted by molar-refractivity contribution is 0.0945. The van der Waals surface area contributed by atoms with Crippen molar-refractivity contribution in [2.75, 3.05) is 0 Å². The second-order valence-corrected chi connectivity index (χ2v) is 5.71. The van der Waals surface area contributed by atoms with Crippen LogP contribution < -0.4 is 5.32 Å². The molecule has 0 aliphatic rings. The van der Waals surface area contributed by atoms with Gasteiger partial charge >= 0.3 is 0 Å². The van der Waals surface area contributed by atoms with Crippen molar-refractivity contribution in [1.29, 1.82) is 0 Å². The van der Waals surface area contributed by atoms with E-state index in [-0.39, 0.29) is 12.1 Å². The lowest BCUT2D eigenvalue weighted by Gasteiger charge is -2.07. The molecule has 0 fully saturated rings. The zero-order valence-electron chi connectivity index (χ0n) is 12.1. The van der Waals surface area contributed by atoms with Crippen molar-refractivity contribution in [3.63, 3.8) is 0 Å². The van der Waals surface area contributed by atoms with Gasteiger partial charge in [0.05, 0.1) is 17.8 Å². The molecule has 1 amide bonds. The van der Waals surface area contributed by atoms with E-state index in [1.54, 1.807) is 12.1 Å². The third kappa shape index (κ3) is 3.46. The van der Waals surface area contributed by atoms with Crippen LogP contribution >= 0.6 is 15.9 Å². The molecule has 0 aliphatic heterocycles. The fraction of sp³-hybridized carbons (Fsp3) is 0.0667. The van der Waals surface area contributed by atoms with E-state index in [4.69, 9.17) is 0 Å². The summed E-state index contributed by atoms with van der Waals surface area (Å²) in [5.74, 6) is -1.91. The first kappa shape index (κ1) is 16.2. The Labute approximate surface area is 143 Å². The minimum Gasteiger partial charge on any atom is -0.345 e. The molecule has 0 unspecified atom stereocenters. The molecule has 2 aromatic carbocycles. The van der Waals surface area contributed by atoms with Gasteiger partial charge in [-0.15, -0.1) is 5.10 Å². The van der Waals surface area contributed by atoms with E-state index in [2.05, 4.69) is 36.8 Å². The van der Waals surface area contributed by atoms with Gasteiger partial charge < -0.3 is 5.32 Å². The molecule has 24 heavy (non-hydrogen) atoms. The SMILES string of the molecule is O=C(NCc1nnnn1-c1cccc(Br)c1)c1cc(F)ccc1F. The van der Waals surface area contributed by atoms with Crippen LogP contribution in [0.15, 0.2) is 46.9 Å². The third-order valence-corrected chi connectivity index (χ3v) is 3.66. The maximum Gasteiger partial charge on any atom is 0.254 e. The van der Waals surface area contributed by atoms with Crippen molar-refractivity contribution >= 4 is 21.8 Å². The van der Waals surface area contributed by atoms with Crippen LogP contribution in [-0.2, 0) is 6.54 Å². The largest absolute Gasteiger partial charge is 0.345 e. The van der Waals surface area contributed by atoms with Gasteiger partial charge in [0.25, 0.3) is 5.91 Å². The number of amides is 1. The Balaban J connectivity index is 1.77. The zero-order valence-corrected chi connectivity index (χ0v) is 13.7. The summed E-state index contributed by atoms with van der Waals surface area (Å²) in [5, 5.41) is 13.7. The summed E-state index contributed by atoms with van der Waals surface area (Å²) in [7, 11) is 0. The van der Waals surface area contributed by atoms with E-state index in [0.29, 0.717) is 11.5 Å². The number of rotatable bonds is 4. The number of benzene rings is 2. The van der Waals surface area contributed by atoms with Crippen LogP contribution in [-0.4, -0.2) is 26.1 Å². The van der Waals surface area contributed by atoms with Gasteiger partial charge in [-0.05, 0) is 46.8 Å². The number of nitrogens with zero attached hydrogens (tertiary/aromatic N) is 4. The van der Waals surface area contributed by atoms with E-state index in [0.717, 1.165) is 22.7 Å². The fourth-order valence-electron chi connectivity index (χ4n) is 2.05. The third-order valence-electron chi connectivity index (χ3n) is 3.17. The normalized spacial score (nSPS) is 10.6. The molecule has 0 bridgehead atoms. The van der Waals surface area contributed by atoms with E-state index in [1.807, 2.05) is 12.1 Å². The number of halogens is 3. The summed E-state index contributed by atoms with van der Waals surface area (Å²) in [4.78, 5) is 12.0. The van der Waals surface area contributed by atoms with Gasteiger partial charge in [-0.3, -0.25) is 4.79 Å². The van der Waals surface area contributed by atoms with Crippen molar-refractivity contribution < 1.29 is 13.6 Å². The number of aromatic nitrogens is 4. The van der Waals surface area contributed by atoms with Crippen LogP contribution in [0.2, 0.25) is 0 Å². The number of tetrazole rings is 1. The van der Waals surface area contributed by atoms with Crippen LogP contribution in [0.1, 0.15) is 16.2 Å². The van der Waals surface area contributed by atoms with Crippen LogP contribution in [0.25, 0.3) is 5.69 Å². The molecule has 1 aromatic heterocycles. The van der Waals surface area contributed by atoms with Gasteiger partial charge in [-0.2, -0.15) is 4.68 Å². The highest BCUT2D eigenvalue weighted by atomic mass is 79.9. The summed E-state index contributed by atoms with van der Waals surface area (Å²) >= 11 is 3.35. The summed E-state index contributed by atoms with van der Waals surface area (Å²) < 4.78 is 29.0. The second kappa shape index (κ2) is 6.83. The predicted molar refractivity (Wildman–Crippen MR) is 84.4 cm³/mol. The number of hydrogen-bond donors (Lipinski definition) is 1. The van der Waals surface area contributed by atoms with E-state index < -0.39 is 17.5 Å². The second-order valence-electron chi connectivity index (χ2n) is 4.79. The Morgan fingerprint density at radius 3 is 2.83 bits per heavy atom. The molecule has 0 atom stereocenters. The van der Waals surface area contributed by atoms with Crippen molar-refractivity contribution in [3.05, 3.63) is 70.0 Å². The smallest absolute Gasteiger partial charge is 0.254 e. The minimum absolute atomic E-state index is 0.0473. The molecule has 6 nitrogen and oxygen atoms in total. The van der Waals surface area contributed by atoms with Gasteiger partial charge in [-0.1, -0.05) is 22.0 Å². The molecule has 1 N–H and O–H groups in total. The quantitative estimate of drug-likeness (QED) is 0.739. The highest BCUT2D eigenvalue weighted by Crippen LogP contribution is 2.15. The topological polar surface area (TPSA) is 72.7 Å². The first-order valence-corrected chi connectivity index (χ1v) is 7.60. The number of nitrogens with one attached hydrogen (secondary N) is 1. The lowest BCUT2D eigenvalue weighted by Crippen LogP contribution is -2.25. The van der Waals surface area contributed by atoms with Crippen LogP contribution in [0.4, 0.5) is 8.78 Å². The molecule has 0 saturated heterocycles. The fourth-order valence-corrected chi connectivity index (χ4v) is 2.44. The van der Waals surface area contributed by atoms with Crippen LogP contribution in [0.5, 0.6) is 0 Å². The van der Waals surface area contributed by atoms with E-state index in [1.165, 1.54) is 4.68 Å². The Morgan fingerprint density at radius 2 is 2.04 bits per heavy atom. The first-order chi connectivity index (χ1) is 11.5. The molecule has 3 rings (SSSR count). The van der Waals surface area contributed by atoms with E-state index >= 15 is 0 Å². The number of hydrogen-bond acceptors (Lipinski definition) is 4. The number of carbonyl (C=O) groups excluding carboxylic acids is 1. The Hall–Kier alpha value is -2.68. The summed E-state index contributed by atoms with van der Waals surface area (Å²) in [6.45, 7) is -0.0473. The summed E-state index contributed by atoms with van der Waals surface area (Å²) in [6.07, 6.45) is 0. The molecule has 0 aliphatic carbocycles. The maximum atomic E-state index is 13.6. The monoisotopic (exact) mass is 393 g/mol. The zero-order chi connectivity index (χ0) is 17.1. The van der Waals surface area contributed by atoms with Gasteiger partial charge in [-0.25, -0.2) is 8.78 Å². The molecule has 122 valence electrons. The van der Waals surface area contributed by atoms with Gasteiger partial charge in [0.15, 0.2) is 5.82 Å². The molecule has 0 saturated carbocycles. The van der Waals surface area contributed by atoms with Crippen molar-refractivity contribution in [1.82, 2.24) is 25.5 Å². The average molecular weight is 394 g/mol. The Morgan fingerprint density at radius 1 is 1.21 bits per heavy atom. The predicted octanol–water partition coefficient (Wildman–Crippen LogP) is 2.63. The highest BCUT2D eigenvalue weighted by molar-refractivity contribution is 9.10. The molecular formula is C15H10BrF2N5O. The Kier molecular flexibility index (Phi) is 4.61. The van der Waals surface area contributed by atoms with E-state index in [9.17, 15) is 13.6 Å². The summed E-state index contributed by atoms with van der Waals surface area (Å²) in [6, 6.07) is 9.93. The van der Waals surface area contributed by atoms with Gasteiger partial charge in [0.2, 0.25) is 0 Å². The molecule has 9 heteroatoms. The standard InChI is InChI=1S/C15H10BrF2N5O/c16-9-2-1-3-11(6-9)23-14(20-21-22-23)8-19-15(24)12-7-10(17)4-5-13(12)18/h1-7H,8H2,(H,19,24). The Bertz CT molecular complexity index is 899. The molecule has 0 radical (unpaired) electrons. The van der Waals surface area contributed by atoms with Crippen molar-refractivity contribution in [2.45, 2.75) is 6.54 Å². The molecular weight excluding hydrogens is 384 g/mol. The summed E-state index contributed by atoms with van der Waals surface area (Å²) in [5.41, 5.74) is 0.312. The number of carbonyl (C=O) groups is 1. The van der Waals surface area contributed by atoms with Gasteiger partial charge in [0, 0.05) is 4.47 Å². The first-order valence-electron chi connectivity index (χ1n) is 6.81.